The molecule has 4 nitrogen and oxygen atoms in total. The molecule has 1 aliphatic heterocycles. The fourth-order valence-electron chi connectivity index (χ4n) is 2.47. The molecule has 0 atom stereocenters. The van der Waals surface area contributed by atoms with Crippen LogP contribution in [-0.4, -0.2) is 40.5 Å². The van der Waals surface area contributed by atoms with Crippen molar-refractivity contribution in [2.24, 2.45) is 5.92 Å². The predicted molar refractivity (Wildman–Crippen MR) is 73.2 cm³/mol. The van der Waals surface area contributed by atoms with Gasteiger partial charge in [-0.15, -0.1) is 0 Å². The number of hydrogen-bond donors (Lipinski definition) is 1. The Morgan fingerprint density at radius 3 is 2.72 bits per heavy atom. The fraction of sp³-hybridized carbons (Fsp3) is 0.714. The van der Waals surface area contributed by atoms with Crippen molar-refractivity contribution in [3.63, 3.8) is 0 Å². The Bertz CT molecular complexity index is 333. The van der Waals surface area contributed by atoms with E-state index in [1.54, 1.807) is 12.4 Å². The van der Waals surface area contributed by atoms with Crippen LogP contribution in [0.15, 0.2) is 18.6 Å². The third-order valence-electron chi connectivity index (χ3n) is 3.66. The summed E-state index contributed by atoms with van der Waals surface area (Å²) in [5, 5.41) is 3.43. The summed E-state index contributed by atoms with van der Waals surface area (Å²) < 4.78 is 0. The van der Waals surface area contributed by atoms with Crippen LogP contribution in [0.5, 0.6) is 0 Å². The first-order valence-electron chi connectivity index (χ1n) is 6.95. The van der Waals surface area contributed by atoms with E-state index in [1.807, 2.05) is 6.20 Å². The lowest BCUT2D eigenvalue weighted by atomic mass is 9.97. The minimum absolute atomic E-state index is 0.557. The van der Waals surface area contributed by atoms with Gasteiger partial charge in [0.05, 0.1) is 5.69 Å². The van der Waals surface area contributed by atoms with E-state index >= 15 is 0 Å². The van der Waals surface area contributed by atoms with Crippen molar-refractivity contribution in [2.75, 3.05) is 19.6 Å². The van der Waals surface area contributed by atoms with Gasteiger partial charge in [0.2, 0.25) is 0 Å². The molecule has 0 aromatic carbocycles. The van der Waals surface area contributed by atoms with Crippen LogP contribution in [0.4, 0.5) is 0 Å². The van der Waals surface area contributed by atoms with Gasteiger partial charge in [0.1, 0.15) is 0 Å². The molecule has 18 heavy (non-hydrogen) atoms. The molecule has 1 fully saturated rings. The Balaban J connectivity index is 1.91. The zero-order valence-corrected chi connectivity index (χ0v) is 11.5. The van der Waals surface area contributed by atoms with E-state index in [0.29, 0.717) is 6.04 Å². The number of aromatic nitrogens is 2. The largest absolute Gasteiger partial charge is 0.317 e. The van der Waals surface area contributed by atoms with Crippen molar-refractivity contribution < 1.29 is 0 Å². The molecule has 0 amide bonds. The Kier molecular flexibility index (Phi) is 5.08. The molecular weight excluding hydrogens is 224 g/mol. The smallest absolute Gasteiger partial charge is 0.0726 e. The van der Waals surface area contributed by atoms with Gasteiger partial charge in [-0.25, -0.2) is 0 Å². The maximum atomic E-state index is 4.38. The lowest BCUT2D eigenvalue weighted by molar-refractivity contribution is 0.160. The van der Waals surface area contributed by atoms with Crippen LogP contribution >= 0.6 is 0 Å². The van der Waals surface area contributed by atoms with Crippen molar-refractivity contribution in [3.8, 4) is 0 Å². The minimum atomic E-state index is 0.557. The van der Waals surface area contributed by atoms with Crippen molar-refractivity contribution in [2.45, 2.75) is 39.3 Å². The molecule has 0 aliphatic carbocycles. The second-order valence-corrected chi connectivity index (χ2v) is 5.41. The Hall–Kier alpha value is -1.00. The van der Waals surface area contributed by atoms with Gasteiger partial charge < -0.3 is 5.32 Å². The van der Waals surface area contributed by atoms with Crippen molar-refractivity contribution >= 4 is 0 Å². The van der Waals surface area contributed by atoms with Gasteiger partial charge >= 0.3 is 0 Å². The van der Waals surface area contributed by atoms with E-state index in [1.165, 1.54) is 32.5 Å². The average Bonchev–Trinajstić information content (AvgIpc) is 2.40. The fourth-order valence-corrected chi connectivity index (χ4v) is 2.47. The van der Waals surface area contributed by atoms with Crippen LogP contribution in [0, 0.1) is 5.92 Å². The highest BCUT2D eigenvalue weighted by molar-refractivity contribution is 4.95. The number of rotatable bonds is 5. The van der Waals surface area contributed by atoms with E-state index in [9.17, 15) is 0 Å². The quantitative estimate of drug-likeness (QED) is 0.861. The first kappa shape index (κ1) is 13.4. The summed E-state index contributed by atoms with van der Waals surface area (Å²) in [5.74, 6) is 0.824. The first-order chi connectivity index (χ1) is 8.75. The molecule has 0 unspecified atom stereocenters. The van der Waals surface area contributed by atoms with Crippen molar-refractivity contribution in [1.29, 1.82) is 0 Å². The number of nitrogens with one attached hydrogen (secondary N) is 1. The maximum absolute atomic E-state index is 4.38. The summed E-state index contributed by atoms with van der Waals surface area (Å²) in [6, 6.07) is 0.557. The summed E-state index contributed by atoms with van der Waals surface area (Å²) in [7, 11) is 0. The SMILES string of the molecule is CC(C)N(Cc1cnccn1)CC1CCNCC1. The van der Waals surface area contributed by atoms with E-state index < -0.39 is 0 Å². The van der Waals surface area contributed by atoms with Gasteiger partial charge in [-0.05, 0) is 45.7 Å². The van der Waals surface area contributed by atoms with E-state index in [2.05, 4.69) is 34.0 Å². The highest BCUT2D eigenvalue weighted by Crippen LogP contribution is 2.16. The standard InChI is InChI=1S/C14H24N4/c1-12(2)18(10-13-3-5-15-6-4-13)11-14-9-16-7-8-17-14/h7-9,12-13,15H,3-6,10-11H2,1-2H3. The molecule has 1 aromatic heterocycles. The Morgan fingerprint density at radius 2 is 2.11 bits per heavy atom. The van der Waals surface area contributed by atoms with E-state index in [-0.39, 0.29) is 0 Å². The zero-order valence-electron chi connectivity index (χ0n) is 11.5. The van der Waals surface area contributed by atoms with Gasteiger partial charge in [0.25, 0.3) is 0 Å². The Morgan fingerprint density at radius 1 is 1.33 bits per heavy atom. The van der Waals surface area contributed by atoms with Crippen LogP contribution in [0.3, 0.4) is 0 Å². The molecule has 1 aromatic rings. The summed E-state index contributed by atoms with van der Waals surface area (Å²) in [5.41, 5.74) is 1.07. The molecular formula is C14H24N4. The molecule has 2 heterocycles. The molecule has 0 saturated carbocycles. The summed E-state index contributed by atoms with van der Waals surface area (Å²) in [6.45, 7) is 8.95. The normalized spacial score (nSPS) is 17.6. The van der Waals surface area contributed by atoms with Crippen molar-refractivity contribution in [3.05, 3.63) is 24.3 Å². The second kappa shape index (κ2) is 6.81. The molecule has 0 spiro atoms. The van der Waals surface area contributed by atoms with Crippen LogP contribution in [0.2, 0.25) is 0 Å². The van der Waals surface area contributed by atoms with Gasteiger partial charge in [-0.3, -0.25) is 14.9 Å². The maximum Gasteiger partial charge on any atom is 0.0726 e. The van der Waals surface area contributed by atoms with Crippen LogP contribution in [-0.2, 0) is 6.54 Å². The topological polar surface area (TPSA) is 41.1 Å². The average molecular weight is 248 g/mol. The van der Waals surface area contributed by atoms with Crippen LogP contribution in [0.25, 0.3) is 0 Å². The van der Waals surface area contributed by atoms with Crippen LogP contribution in [0.1, 0.15) is 32.4 Å². The van der Waals surface area contributed by atoms with Gasteiger partial charge in [-0.1, -0.05) is 0 Å². The third kappa shape index (κ3) is 4.03. The molecule has 0 bridgehead atoms. The highest BCUT2D eigenvalue weighted by atomic mass is 15.2. The third-order valence-corrected chi connectivity index (χ3v) is 3.66. The molecule has 100 valence electrons. The van der Waals surface area contributed by atoms with Gasteiger partial charge in [0, 0.05) is 37.7 Å². The number of nitrogens with zero attached hydrogens (tertiary/aromatic N) is 3. The van der Waals surface area contributed by atoms with E-state index in [4.69, 9.17) is 0 Å². The molecule has 1 N–H and O–H groups in total. The van der Waals surface area contributed by atoms with E-state index in [0.717, 1.165) is 18.2 Å². The summed E-state index contributed by atoms with van der Waals surface area (Å²) in [6.07, 6.45) is 7.97. The molecule has 0 radical (unpaired) electrons. The van der Waals surface area contributed by atoms with Crippen LogP contribution < -0.4 is 5.32 Å². The monoisotopic (exact) mass is 248 g/mol. The number of hydrogen-bond acceptors (Lipinski definition) is 4. The lowest BCUT2D eigenvalue weighted by Crippen LogP contribution is -2.39. The number of piperidine rings is 1. The molecule has 4 heteroatoms. The molecule has 2 rings (SSSR count). The van der Waals surface area contributed by atoms with Gasteiger partial charge in [0.15, 0.2) is 0 Å². The second-order valence-electron chi connectivity index (χ2n) is 5.41. The lowest BCUT2D eigenvalue weighted by Gasteiger charge is -2.32. The minimum Gasteiger partial charge on any atom is -0.317 e. The Labute approximate surface area is 110 Å². The first-order valence-corrected chi connectivity index (χ1v) is 6.95. The summed E-state index contributed by atoms with van der Waals surface area (Å²) in [4.78, 5) is 11.0. The highest BCUT2D eigenvalue weighted by Gasteiger charge is 2.19. The molecule has 1 aliphatic rings. The zero-order chi connectivity index (χ0) is 12.8. The van der Waals surface area contributed by atoms with Crippen molar-refractivity contribution in [1.82, 2.24) is 20.2 Å². The predicted octanol–water partition coefficient (Wildman–Crippen LogP) is 1.69. The summed E-state index contributed by atoms with van der Waals surface area (Å²) >= 11 is 0. The molecule has 1 saturated heterocycles. The van der Waals surface area contributed by atoms with Gasteiger partial charge in [-0.2, -0.15) is 0 Å².